The summed E-state index contributed by atoms with van der Waals surface area (Å²) in [4.78, 5) is 69.1. The van der Waals surface area contributed by atoms with Gasteiger partial charge in [0.15, 0.2) is 17.6 Å². The standard InChI is InChI=1S/C23H30N12O6/c1-33-9-6-12(28-21(39)18-31-13(10-34(18)2)29-16(37)5-8-27-23(24)25)17(33)20(38)26-7-4-15(36)30-14-11-35(3)19(32-14)22(40)41/h6,9-11H,4-5,7-8H2,1-3H3,(H,26,38)(H,28,39)(H,29,37)(H,30,36)(H,40,41)(H4,24,25,27). The zero-order valence-electron chi connectivity index (χ0n) is 22.4. The zero-order valence-corrected chi connectivity index (χ0v) is 22.4. The number of hydrogen-bond acceptors (Lipinski definition) is 8. The Balaban J connectivity index is 1.56. The number of rotatable bonds is 12. The van der Waals surface area contributed by atoms with Gasteiger partial charge >= 0.3 is 5.97 Å². The van der Waals surface area contributed by atoms with Gasteiger partial charge in [-0.2, -0.15) is 0 Å². The number of carboxylic acid groups (broad SMARTS) is 1. The van der Waals surface area contributed by atoms with Crippen LogP contribution in [0.1, 0.15) is 44.6 Å². The number of aromatic nitrogens is 5. The van der Waals surface area contributed by atoms with Crippen LogP contribution in [0.3, 0.4) is 0 Å². The number of hydrogen-bond donors (Lipinski definition) is 8. The molecule has 3 aromatic heterocycles. The van der Waals surface area contributed by atoms with Gasteiger partial charge in [0.2, 0.25) is 23.5 Å². The van der Waals surface area contributed by atoms with Gasteiger partial charge in [-0.15, -0.1) is 0 Å². The van der Waals surface area contributed by atoms with Crippen LogP contribution >= 0.6 is 0 Å². The maximum Gasteiger partial charge on any atom is 0.372 e. The van der Waals surface area contributed by atoms with Gasteiger partial charge in [-0.05, 0) is 6.07 Å². The third-order valence-electron chi connectivity index (χ3n) is 5.52. The first-order valence-electron chi connectivity index (χ1n) is 12.1. The lowest BCUT2D eigenvalue weighted by Gasteiger charge is -2.10. The van der Waals surface area contributed by atoms with Crippen LogP contribution in [-0.2, 0) is 30.7 Å². The number of amides is 4. The summed E-state index contributed by atoms with van der Waals surface area (Å²) in [6.07, 6.45) is 4.27. The van der Waals surface area contributed by atoms with E-state index >= 15 is 0 Å². The Morgan fingerprint density at radius 1 is 0.829 bits per heavy atom. The number of carbonyl (C=O) groups is 5. The highest BCUT2D eigenvalue weighted by Gasteiger charge is 2.21. The summed E-state index contributed by atoms with van der Waals surface area (Å²) in [6, 6.07) is 1.52. The molecule has 0 radical (unpaired) electrons. The van der Waals surface area contributed by atoms with Gasteiger partial charge < -0.3 is 51.1 Å². The quantitative estimate of drug-likeness (QED) is 0.0974. The number of imidazole rings is 2. The van der Waals surface area contributed by atoms with Crippen LogP contribution < -0.4 is 32.3 Å². The fourth-order valence-electron chi connectivity index (χ4n) is 3.65. The van der Waals surface area contributed by atoms with Crippen LogP contribution in [0.2, 0.25) is 0 Å². The number of nitrogens with one attached hydrogen (secondary N) is 6. The van der Waals surface area contributed by atoms with Gasteiger partial charge in [-0.25, -0.2) is 14.8 Å². The van der Waals surface area contributed by atoms with Crippen molar-refractivity contribution in [3.8, 4) is 0 Å². The van der Waals surface area contributed by atoms with Crippen molar-refractivity contribution in [3.05, 3.63) is 42.0 Å². The van der Waals surface area contributed by atoms with E-state index < -0.39 is 29.6 Å². The Morgan fingerprint density at radius 2 is 1.37 bits per heavy atom. The number of aromatic carboxylic acids is 1. The second-order valence-corrected chi connectivity index (χ2v) is 8.76. The molecular formula is C23H30N12O6. The average Bonchev–Trinajstić information content (AvgIpc) is 3.54. The number of nitrogens with two attached hydrogens (primary N) is 1. The molecule has 0 fully saturated rings. The van der Waals surface area contributed by atoms with Gasteiger partial charge in [0.1, 0.15) is 5.69 Å². The molecule has 18 heteroatoms. The number of nitrogens with zero attached hydrogens (tertiary/aromatic N) is 5. The molecule has 0 bridgehead atoms. The molecule has 0 atom stereocenters. The minimum Gasteiger partial charge on any atom is -0.475 e. The van der Waals surface area contributed by atoms with Crippen LogP contribution in [0.5, 0.6) is 0 Å². The summed E-state index contributed by atoms with van der Waals surface area (Å²) in [7, 11) is 4.64. The van der Waals surface area contributed by atoms with Crippen LogP contribution in [-0.4, -0.2) is 77.4 Å². The molecule has 4 amide bonds. The maximum atomic E-state index is 12.9. The highest BCUT2D eigenvalue weighted by Crippen LogP contribution is 2.18. The molecule has 9 N–H and O–H groups in total. The Kier molecular flexibility index (Phi) is 9.41. The molecule has 3 rings (SSSR count). The van der Waals surface area contributed by atoms with Crippen LogP contribution in [0.4, 0.5) is 17.3 Å². The lowest BCUT2D eigenvalue weighted by Crippen LogP contribution is -2.32. The minimum absolute atomic E-state index is 0.0244. The first kappa shape index (κ1) is 29.9. The molecule has 218 valence electrons. The second-order valence-electron chi connectivity index (χ2n) is 8.76. The van der Waals surface area contributed by atoms with Crippen molar-refractivity contribution < 1.29 is 29.1 Å². The molecule has 41 heavy (non-hydrogen) atoms. The summed E-state index contributed by atoms with van der Waals surface area (Å²) in [6.45, 7) is 0.106. The monoisotopic (exact) mass is 570 g/mol. The summed E-state index contributed by atoms with van der Waals surface area (Å²) in [5.74, 6) is -3.65. The molecule has 0 aliphatic carbocycles. The fourth-order valence-corrected chi connectivity index (χ4v) is 3.65. The third-order valence-corrected chi connectivity index (χ3v) is 5.52. The van der Waals surface area contributed by atoms with E-state index in [0.717, 1.165) is 0 Å². The van der Waals surface area contributed by atoms with Crippen LogP contribution in [0.25, 0.3) is 0 Å². The summed E-state index contributed by atoms with van der Waals surface area (Å²) >= 11 is 0. The van der Waals surface area contributed by atoms with E-state index in [4.69, 9.17) is 16.2 Å². The van der Waals surface area contributed by atoms with Crippen molar-refractivity contribution in [1.82, 2.24) is 34.3 Å². The lowest BCUT2D eigenvalue weighted by molar-refractivity contribution is -0.116. The number of carboxylic acids is 1. The molecule has 0 spiro atoms. The number of guanidine groups is 1. The van der Waals surface area contributed by atoms with Gasteiger partial charge in [0.05, 0.1) is 5.69 Å². The largest absolute Gasteiger partial charge is 0.475 e. The lowest BCUT2D eigenvalue weighted by atomic mass is 10.3. The topological polar surface area (TPSA) is 256 Å². The van der Waals surface area contributed by atoms with Gasteiger partial charge in [-0.1, -0.05) is 0 Å². The van der Waals surface area contributed by atoms with Gasteiger partial charge in [-0.3, -0.25) is 24.6 Å². The second kappa shape index (κ2) is 12.9. The molecule has 0 aliphatic heterocycles. The Bertz CT molecular complexity index is 1500. The molecular weight excluding hydrogens is 540 g/mol. The molecule has 3 aromatic rings. The Hall–Kier alpha value is -5.68. The zero-order chi connectivity index (χ0) is 30.3. The third kappa shape index (κ3) is 7.91. The summed E-state index contributed by atoms with van der Waals surface area (Å²) in [5, 5.41) is 28.9. The van der Waals surface area contributed by atoms with Gasteiger partial charge in [0.25, 0.3) is 11.8 Å². The highest BCUT2D eigenvalue weighted by atomic mass is 16.4. The smallest absolute Gasteiger partial charge is 0.372 e. The van der Waals surface area contributed by atoms with E-state index in [2.05, 4.69) is 36.6 Å². The fraction of sp³-hybridized carbons (Fsp3) is 0.304. The summed E-state index contributed by atoms with van der Waals surface area (Å²) < 4.78 is 4.15. The maximum absolute atomic E-state index is 12.9. The van der Waals surface area contributed by atoms with Crippen molar-refractivity contribution in [2.75, 3.05) is 29.0 Å². The minimum atomic E-state index is -1.24. The number of anilines is 3. The number of carbonyl (C=O) groups excluding carboxylic acids is 4. The van der Waals surface area contributed by atoms with Crippen LogP contribution in [0.15, 0.2) is 24.7 Å². The Morgan fingerprint density at radius 3 is 1.90 bits per heavy atom. The normalized spacial score (nSPS) is 10.5. The summed E-state index contributed by atoms with van der Waals surface area (Å²) in [5.41, 5.74) is 5.49. The van der Waals surface area contributed by atoms with Gasteiger partial charge in [0, 0.05) is 65.7 Å². The number of aryl methyl sites for hydroxylation is 3. The predicted molar refractivity (Wildman–Crippen MR) is 145 cm³/mol. The van der Waals surface area contributed by atoms with Crippen molar-refractivity contribution in [2.45, 2.75) is 12.8 Å². The van der Waals surface area contributed by atoms with Crippen molar-refractivity contribution >= 4 is 52.9 Å². The van der Waals surface area contributed by atoms with E-state index in [0.29, 0.717) is 0 Å². The first-order valence-corrected chi connectivity index (χ1v) is 12.1. The highest BCUT2D eigenvalue weighted by molar-refractivity contribution is 6.07. The molecule has 0 saturated heterocycles. The van der Waals surface area contributed by atoms with Crippen molar-refractivity contribution in [1.29, 1.82) is 5.41 Å². The molecule has 18 nitrogen and oxygen atoms in total. The molecule has 0 unspecified atom stereocenters. The molecule has 3 heterocycles. The van der Waals surface area contributed by atoms with E-state index in [1.165, 1.54) is 39.2 Å². The SMILES string of the molecule is Cn1cc(NC(=O)CCNC(=O)c2c(NC(=O)c3nc(NC(=O)CCNC(=N)N)cn3C)ccn2C)nc1C(=O)O. The van der Waals surface area contributed by atoms with Crippen molar-refractivity contribution in [3.63, 3.8) is 0 Å². The first-order chi connectivity index (χ1) is 19.3. The van der Waals surface area contributed by atoms with Crippen molar-refractivity contribution in [2.24, 2.45) is 26.9 Å². The average molecular weight is 571 g/mol. The predicted octanol–water partition coefficient (Wildman–Crippen LogP) is -0.987. The van der Waals surface area contributed by atoms with E-state index in [9.17, 15) is 24.0 Å². The van der Waals surface area contributed by atoms with E-state index in [1.807, 2.05) is 0 Å². The molecule has 0 saturated carbocycles. The van der Waals surface area contributed by atoms with Crippen LogP contribution in [0, 0.1) is 5.41 Å². The Labute approximate surface area is 232 Å². The van der Waals surface area contributed by atoms with E-state index in [1.54, 1.807) is 20.3 Å². The van der Waals surface area contributed by atoms with E-state index in [-0.39, 0.29) is 66.6 Å². The molecule has 0 aromatic carbocycles. The molecule has 0 aliphatic rings.